The van der Waals surface area contributed by atoms with Gasteiger partial charge >= 0.3 is 0 Å². The summed E-state index contributed by atoms with van der Waals surface area (Å²) in [6.07, 6.45) is 10.6. The van der Waals surface area contributed by atoms with Crippen molar-refractivity contribution in [1.82, 2.24) is 9.88 Å². The van der Waals surface area contributed by atoms with Crippen LogP contribution >= 0.6 is 0 Å². The molecule has 1 aromatic heterocycles. The molecule has 0 bridgehead atoms. The minimum absolute atomic E-state index is 0.0326. The lowest BCUT2D eigenvalue weighted by molar-refractivity contribution is 0.745. The third-order valence-corrected chi connectivity index (χ3v) is 11.7. The summed E-state index contributed by atoms with van der Waals surface area (Å²) in [5.41, 5.74) is 14.5. The van der Waals surface area contributed by atoms with E-state index in [9.17, 15) is 0 Å². The van der Waals surface area contributed by atoms with E-state index >= 15 is 0 Å². The molecule has 1 N–H and O–H groups in total. The molecule has 2 aliphatic carbocycles. The van der Waals surface area contributed by atoms with Gasteiger partial charge < -0.3 is 9.88 Å². The zero-order valence-corrected chi connectivity index (χ0v) is 32.3. The highest BCUT2D eigenvalue weighted by atomic mass is 15.2. The molecule has 0 spiro atoms. The van der Waals surface area contributed by atoms with Crippen molar-refractivity contribution in [2.24, 2.45) is 9.98 Å². The zero-order chi connectivity index (χ0) is 38.3. The van der Waals surface area contributed by atoms with E-state index in [4.69, 9.17) is 9.98 Å². The fraction of sp³-hybridized carbons (Fsp3) is 0.132. The van der Waals surface area contributed by atoms with Gasteiger partial charge in [0.25, 0.3) is 0 Å². The summed E-state index contributed by atoms with van der Waals surface area (Å²) >= 11 is 0. The van der Waals surface area contributed by atoms with Gasteiger partial charge in [-0.3, -0.25) is 0 Å². The average Bonchev–Trinajstić information content (AvgIpc) is 3.59. The molecular formula is C53H44N4. The van der Waals surface area contributed by atoms with Crippen molar-refractivity contribution in [2.45, 2.75) is 44.7 Å². The number of rotatable bonds is 7. The molecule has 0 saturated heterocycles. The van der Waals surface area contributed by atoms with Crippen LogP contribution in [0, 0.1) is 13.8 Å². The second-order valence-corrected chi connectivity index (χ2v) is 15.5. The number of nitrogens with zero attached hydrogens (tertiary/aromatic N) is 3. The van der Waals surface area contributed by atoms with Crippen molar-refractivity contribution in [3.05, 3.63) is 227 Å². The molecule has 10 rings (SSSR count). The Morgan fingerprint density at radius 2 is 1.16 bits per heavy atom. The molecule has 3 aliphatic rings. The van der Waals surface area contributed by atoms with E-state index in [-0.39, 0.29) is 12.1 Å². The standard InChI is InChI=1S/C53H44N4/c1-35-23-29-48-46(31-35)47-32-36(2)24-30-49(47)57(48)50-44(39-17-9-4-10-18-39)33-43(34-45(50)40-19-11-5-12-20-40)53-55-51(41-21-13-6-14-22-41)54-52(56-53)42-27-25-38(26-28-42)37-15-7-3-8-16-37/h3-25,27-33,38,45,51H,26,34H2,1-2H3,(H,54,55,56)/t38?,45?,51-/m1/s1. The summed E-state index contributed by atoms with van der Waals surface area (Å²) in [5.74, 6) is 2.11. The minimum atomic E-state index is -0.371. The van der Waals surface area contributed by atoms with Crippen molar-refractivity contribution in [3.63, 3.8) is 0 Å². The molecule has 2 unspecified atom stereocenters. The van der Waals surface area contributed by atoms with Crippen molar-refractivity contribution in [1.29, 1.82) is 0 Å². The third kappa shape index (κ3) is 6.57. The Kier molecular flexibility index (Phi) is 8.95. The largest absolute Gasteiger partial charge is 0.325 e. The maximum atomic E-state index is 5.42. The second-order valence-electron chi connectivity index (χ2n) is 15.5. The molecule has 6 aromatic carbocycles. The average molecular weight is 737 g/mol. The predicted molar refractivity (Wildman–Crippen MR) is 239 cm³/mol. The number of aliphatic imine (C=N–C) groups is 2. The molecular weight excluding hydrogens is 693 g/mol. The molecule has 4 heteroatoms. The number of nitrogens with one attached hydrogen (secondary N) is 1. The predicted octanol–water partition coefficient (Wildman–Crippen LogP) is 12.7. The molecule has 0 fully saturated rings. The second kappa shape index (κ2) is 14.7. The highest BCUT2D eigenvalue weighted by Gasteiger charge is 2.33. The van der Waals surface area contributed by atoms with E-state index in [1.807, 2.05) is 0 Å². The van der Waals surface area contributed by atoms with E-state index in [0.29, 0.717) is 5.92 Å². The van der Waals surface area contributed by atoms with Crippen LogP contribution in [0.2, 0.25) is 0 Å². The van der Waals surface area contributed by atoms with E-state index in [0.717, 1.165) is 41.2 Å². The fourth-order valence-corrected chi connectivity index (χ4v) is 8.85. The summed E-state index contributed by atoms with van der Waals surface area (Å²) in [6, 6.07) is 57.0. The van der Waals surface area contributed by atoms with E-state index in [1.54, 1.807) is 0 Å². The van der Waals surface area contributed by atoms with Gasteiger partial charge in [0, 0.05) is 39.5 Å². The maximum Gasteiger partial charge on any atom is 0.169 e. The summed E-state index contributed by atoms with van der Waals surface area (Å²) in [4.78, 5) is 10.7. The van der Waals surface area contributed by atoms with Crippen LogP contribution in [-0.4, -0.2) is 16.2 Å². The van der Waals surface area contributed by atoms with Gasteiger partial charge in [-0.25, -0.2) is 9.98 Å². The molecule has 4 nitrogen and oxygen atoms in total. The number of hydrogen-bond donors (Lipinski definition) is 1. The molecule has 1 aliphatic heterocycles. The van der Waals surface area contributed by atoms with Crippen LogP contribution in [0.25, 0.3) is 33.1 Å². The smallest absolute Gasteiger partial charge is 0.169 e. The van der Waals surface area contributed by atoms with Crippen molar-refractivity contribution >= 4 is 44.7 Å². The number of amidine groups is 2. The third-order valence-electron chi connectivity index (χ3n) is 11.7. The van der Waals surface area contributed by atoms with Gasteiger partial charge in [0.15, 0.2) is 6.17 Å². The van der Waals surface area contributed by atoms with Crippen LogP contribution < -0.4 is 5.32 Å². The lowest BCUT2D eigenvalue weighted by Gasteiger charge is -2.33. The number of allylic oxidation sites excluding steroid dienone is 5. The lowest BCUT2D eigenvalue weighted by atomic mass is 9.79. The van der Waals surface area contributed by atoms with Gasteiger partial charge in [-0.2, -0.15) is 0 Å². The highest BCUT2D eigenvalue weighted by Crippen LogP contribution is 2.47. The van der Waals surface area contributed by atoms with Crippen molar-refractivity contribution < 1.29 is 0 Å². The fourth-order valence-electron chi connectivity index (χ4n) is 8.85. The molecule has 0 saturated carbocycles. The summed E-state index contributed by atoms with van der Waals surface area (Å²) < 4.78 is 2.55. The van der Waals surface area contributed by atoms with Gasteiger partial charge in [-0.1, -0.05) is 163 Å². The molecule has 3 atom stereocenters. The van der Waals surface area contributed by atoms with Gasteiger partial charge in [0.2, 0.25) is 0 Å². The Morgan fingerprint density at radius 1 is 0.596 bits per heavy atom. The van der Waals surface area contributed by atoms with E-state index in [2.05, 4.69) is 206 Å². The SMILES string of the molecule is Cc1ccc2c(c1)c1cc(C)ccc1n2C1=C(c2ccccc2)C=C(C2=N[C@H](c3ccccc3)N=C(C3=CCC(c4ccccc4)C=C3)N2)CC1c1ccccc1. The van der Waals surface area contributed by atoms with Crippen molar-refractivity contribution in [2.75, 3.05) is 0 Å². The molecule has 7 aromatic rings. The quantitative estimate of drug-likeness (QED) is 0.174. The van der Waals surface area contributed by atoms with Crippen LogP contribution in [0.1, 0.15) is 64.2 Å². The number of hydrogen-bond acceptors (Lipinski definition) is 3. The number of benzene rings is 6. The Morgan fingerprint density at radius 3 is 1.75 bits per heavy atom. The first kappa shape index (κ1) is 34.7. The van der Waals surface area contributed by atoms with Crippen LogP contribution in [-0.2, 0) is 0 Å². The van der Waals surface area contributed by atoms with Gasteiger partial charge in [-0.15, -0.1) is 0 Å². The Hall–Kier alpha value is -6.78. The minimum Gasteiger partial charge on any atom is -0.325 e. The summed E-state index contributed by atoms with van der Waals surface area (Å²) in [6.45, 7) is 4.38. The van der Waals surface area contributed by atoms with E-state index < -0.39 is 0 Å². The molecule has 276 valence electrons. The number of aromatic nitrogens is 1. The molecule has 0 radical (unpaired) electrons. The first-order valence-electron chi connectivity index (χ1n) is 20.1. The lowest BCUT2D eigenvalue weighted by Crippen LogP contribution is -2.38. The highest BCUT2D eigenvalue weighted by molar-refractivity contribution is 6.19. The first-order chi connectivity index (χ1) is 28.1. The topological polar surface area (TPSA) is 41.7 Å². The Balaban J connectivity index is 1.16. The molecule has 0 amide bonds. The monoisotopic (exact) mass is 736 g/mol. The van der Waals surface area contributed by atoms with Crippen LogP contribution in [0.4, 0.5) is 0 Å². The van der Waals surface area contributed by atoms with Gasteiger partial charge in [0.05, 0.1) is 11.0 Å². The summed E-state index contributed by atoms with van der Waals surface area (Å²) in [7, 11) is 0. The van der Waals surface area contributed by atoms with Gasteiger partial charge in [-0.05, 0) is 84.9 Å². The zero-order valence-electron chi connectivity index (χ0n) is 32.3. The summed E-state index contributed by atoms with van der Waals surface area (Å²) in [5, 5.41) is 6.36. The normalized spacial score (nSPS) is 19.5. The number of fused-ring (bicyclic) bond motifs is 3. The van der Waals surface area contributed by atoms with Crippen molar-refractivity contribution in [3.8, 4) is 0 Å². The first-order valence-corrected chi connectivity index (χ1v) is 20.1. The van der Waals surface area contributed by atoms with E-state index in [1.165, 1.54) is 60.9 Å². The van der Waals surface area contributed by atoms with Gasteiger partial charge in [0.1, 0.15) is 11.7 Å². The van der Waals surface area contributed by atoms with Crippen LogP contribution in [0.15, 0.2) is 203 Å². The maximum absolute atomic E-state index is 5.42. The molecule has 57 heavy (non-hydrogen) atoms. The Labute approximate surface area is 334 Å². The van der Waals surface area contributed by atoms with Crippen LogP contribution in [0.3, 0.4) is 0 Å². The molecule has 2 heterocycles. The van der Waals surface area contributed by atoms with Crippen LogP contribution in [0.5, 0.6) is 0 Å². The number of aryl methyl sites for hydroxylation is 2. The Bertz CT molecular complexity index is 2760.